The van der Waals surface area contributed by atoms with Gasteiger partial charge in [0.2, 0.25) is 0 Å². The molecule has 0 bridgehead atoms. The number of hydrogen-bond donors (Lipinski definition) is 1. The summed E-state index contributed by atoms with van der Waals surface area (Å²) in [6.45, 7) is 29.2. The molecule has 3 rings (SSSR count). The molecule has 0 saturated heterocycles. The molecule has 0 aliphatic carbocycles. The van der Waals surface area contributed by atoms with Crippen molar-refractivity contribution < 1.29 is 0 Å². The van der Waals surface area contributed by atoms with E-state index in [9.17, 15) is 0 Å². The molecule has 0 spiro atoms. The van der Waals surface area contributed by atoms with Crippen molar-refractivity contribution in [3.05, 3.63) is 65.0 Å². The van der Waals surface area contributed by atoms with Crippen molar-refractivity contribution in [2.45, 2.75) is 116 Å². The highest BCUT2D eigenvalue weighted by Gasteiger charge is 2.41. The minimum atomic E-state index is -1.70. The molecule has 1 N–H and O–H groups in total. The van der Waals surface area contributed by atoms with Crippen LogP contribution in [0.5, 0.6) is 0 Å². The standard InChI is InChI=1S/C35H54N2Si2/c1-24(2)38(25(3)4,26(5)6)22-20-30-16-15-17-31(21-23-39(27(7)8,28(9)10)29(11)12)34(30)35-36-32-18-13-14-19-33(32)37-35/h13-29H,1-12H3,(H,36,37)/b22-20+,23-21+. The zero-order chi connectivity index (χ0) is 29.1. The van der Waals surface area contributed by atoms with Crippen molar-refractivity contribution in [2.75, 3.05) is 0 Å². The predicted molar refractivity (Wildman–Crippen MR) is 182 cm³/mol. The maximum absolute atomic E-state index is 5.10. The van der Waals surface area contributed by atoms with Crippen LogP contribution in [0.15, 0.2) is 53.9 Å². The molecule has 39 heavy (non-hydrogen) atoms. The van der Waals surface area contributed by atoms with Crippen molar-refractivity contribution in [1.29, 1.82) is 0 Å². The van der Waals surface area contributed by atoms with Crippen LogP contribution in [0.3, 0.4) is 0 Å². The molecule has 0 saturated carbocycles. The number of aromatic amines is 1. The Kier molecular flexibility index (Phi) is 10.1. The number of aromatic nitrogens is 2. The third kappa shape index (κ3) is 5.97. The lowest BCUT2D eigenvalue weighted by atomic mass is 10.0. The topological polar surface area (TPSA) is 28.7 Å². The van der Waals surface area contributed by atoms with Crippen molar-refractivity contribution in [1.82, 2.24) is 9.97 Å². The van der Waals surface area contributed by atoms with Crippen molar-refractivity contribution in [3.63, 3.8) is 0 Å². The number of benzene rings is 2. The average Bonchev–Trinajstić information content (AvgIpc) is 3.27. The van der Waals surface area contributed by atoms with Crippen molar-refractivity contribution >= 4 is 39.3 Å². The second-order valence-corrected chi connectivity index (χ2v) is 25.1. The van der Waals surface area contributed by atoms with E-state index in [1.54, 1.807) is 0 Å². The van der Waals surface area contributed by atoms with Crippen LogP contribution < -0.4 is 0 Å². The van der Waals surface area contributed by atoms with Crippen LogP contribution in [-0.4, -0.2) is 26.1 Å². The molecular formula is C35H54N2Si2. The summed E-state index contributed by atoms with van der Waals surface area (Å²) < 4.78 is 0. The monoisotopic (exact) mass is 558 g/mol. The van der Waals surface area contributed by atoms with E-state index in [0.717, 1.165) is 16.9 Å². The molecule has 2 aromatic carbocycles. The number of rotatable bonds is 11. The van der Waals surface area contributed by atoms with Crippen LogP contribution in [0.2, 0.25) is 33.2 Å². The molecule has 0 unspecified atom stereocenters. The molecule has 0 atom stereocenters. The first-order valence-electron chi connectivity index (χ1n) is 15.3. The summed E-state index contributed by atoms with van der Waals surface area (Å²) >= 11 is 0. The van der Waals surface area contributed by atoms with Gasteiger partial charge in [-0.25, -0.2) is 4.98 Å². The van der Waals surface area contributed by atoms with Crippen molar-refractivity contribution in [3.8, 4) is 11.4 Å². The summed E-state index contributed by atoms with van der Waals surface area (Å²) in [4.78, 5) is 8.77. The molecule has 3 aromatic rings. The molecule has 1 heterocycles. The quantitative estimate of drug-likeness (QED) is 0.233. The Labute approximate surface area is 241 Å². The van der Waals surface area contributed by atoms with Gasteiger partial charge in [0.15, 0.2) is 0 Å². The van der Waals surface area contributed by atoms with Crippen LogP contribution in [0.4, 0.5) is 0 Å². The van der Waals surface area contributed by atoms with Gasteiger partial charge in [-0.15, -0.1) is 0 Å². The predicted octanol–water partition coefficient (Wildman–Crippen LogP) is 11.7. The molecule has 0 aliphatic rings. The van der Waals surface area contributed by atoms with Crippen molar-refractivity contribution in [2.24, 2.45) is 0 Å². The van der Waals surface area contributed by atoms with E-state index in [-0.39, 0.29) is 0 Å². The zero-order valence-corrected chi connectivity index (χ0v) is 28.8. The Bertz CT molecular complexity index is 1150. The Balaban J connectivity index is 2.29. The summed E-state index contributed by atoms with van der Waals surface area (Å²) in [6.07, 6.45) is 4.90. The normalized spacial score (nSPS) is 13.8. The minimum Gasteiger partial charge on any atom is -0.338 e. The average molecular weight is 559 g/mol. The summed E-state index contributed by atoms with van der Waals surface area (Å²) in [5, 5.41) is 0. The minimum absolute atomic E-state index is 0.682. The lowest BCUT2D eigenvalue weighted by Crippen LogP contribution is -2.42. The molecule has 0 radical (unpaired) electrons. The summed E-state index contributed by atoms with van der Waals surface area (Å²) in [5.74, 6) is 0.966. The van der Waals surface area contributed by atoms with Gasteiger partial charge in [-0.05, 0) is 56.5 Å². The van der Waals surface area contributed by atoms with E-state index in [1.165, 1.54) is 16.7 Å². The fourth-order valence-electron chi connectivity index (χ4n) is 7.83. The van der Waals surface area contributed by atoms with Gasteiger partial charge in [-0.2, -0.15) is 0 Å². The van der Waals surface area contributed by atoms with Gasteiger partial charge in [0, 0.05) is 5.56 Å². The second kappa shape index (κ2) is 12.6. The third-order valence-electron chi connectivity index (χ3n) is 9.86. The Hall–Kier alpha value is -2.18. The fourth-order valence-corrected chi connectivity index (χ4v) is 19.1. The molecule has 1 aromatic heterocycles. The van der Waals surface area contributed by atoms with Gasteiger partial charge in [0.05, 0.1) is 27.2 Å². The number of H-pyrrole nitrogens is 1. The lowest BCUT2D eigenvalue weighted by molar-refractivity contribution is 0.834. The van der Waals surface area contributed by atoms with Gasteiger partial charge < -0.3 is 4.98 Å². The van der Waals surface area contributed by atoms with Crippen LogP contribution in [0, 0.1) is 0 Å². The largest absolute Gasteiger partial charge is 0.338 e. The number of nitrogens with zero attached hydrogens (tertiary/aromatic N) is 1. The van der Waals surface area contributed by atoms with Gasteiger partial charge in [-0.3, -0.25) is 0 Å². The second-order valence-electron chi connectivity index (χ2n) is 13.5. The first kappa shape index (κ1) is 31.4. The first-order chi connectivity index (χ1) is 18.3. The maximum Gasteiger partial charge on any atom is 0.139 e. The molecule has 4 heteroatoms. The van der Waals surface area contributed by atoms with E-state index in [0.29, 0.717) is 33.2 Å². The number of hydrogen-bond acceptors (Lipinski definition) is 1. The number of nitrogens with one attached hydrogen (secondary N) is 1. The molecule has 0 amide bonds. The van der Waals surface area contributed by atoms with Gasteiger partial charge in [0.1, 0.15) is 5.82 Å². The molecular weight excluding hydrogens is 505 g/mol. The first-order valence-corrected chi connectivity index (χ1v) is 19.9. The van der Waals surface area contributed by atoms with Gasteiger partial charge >= 0.3 is 0 Å². The zero-order valence-electron chi connectivity index (χ0n) is 26.8. The number of para-hydroxylation sites is 2. The lowest BCUT2D eigenvalue weighted by Gasteiger charge is -2.41. The van der Waals surface area contributed by atoms with Gasteiger partial charge in [-0.1, -0.05) is 137 Å². The SMILES string of the molecule is CC(C)[Si](/C=C/c1cccc(/C=C/[Si](C(C)C)(C(C)C)C(C)C)c1-c1nc2ccccc2[nH]1)(C(C)C)C(C)C. The van der Waals surface area contributed by atoms with E-state index < -0.39 is 16.1 Å². The molecule has 2 nitrogen and oxygen atoms in total. The van der Waals surface area contributed by atoms with E-state index >= 15 is 0 Å². The maximum atomic E-state index is 5.10. The molecule has 0 fully saturated rings. The number of fused-ring (bicyclic) bond motifs is 1. The van der Waals surface area contributed by atoms with Crippen LogP contribution in [0.1, 0.15) is 94.2 Å². The van der Waals surface area contributed by atoms with Gasteiger partial charge in [0.25, 0.3) is 0 Å². The van der Waals surface area contributed by atoms with Crippen LogP contribution in [0.25, 0.3) is 34.6 Å². The Morgan fingerprint density at radius 2 is 0.974 bits per heavy atom. The van der Waals surface area contributed by atoms with E-state index in [4.69, 9.17) is 4.98 Å². The highest BCUT2D eigenvalue weighted by atomic mass is 28.3. The highest BCUT2D eigenvalue weighted by molar-refractivity contribution is 6.89. The number of imidazole rings is 1. The summed E-state index contributed by atoms with van der Waals surface area (Å²) in [7, 11) is -3.40. The Morgan fingerprint density at radius 1 is 0.564 bits per heavy atom. The Morgan fingerprint density at radius 3 is 1.36 bits per heavy atom. The van der Waals surface area contributed by atoms with E-state index in [1.807, 2.05) is 0 Å². The molecule has 0 aliphatic heterocycles. The molecule has 212 valence electrons. The van der Waals surface area contributed by atoms with Crippen LogP contribution in [-0.2, 0) is 0 Å². The van der Waals surface area contributed by atoms with Crippen LogP contribution >= 0.6 is 0 Å². The highest BCUT2D eigenvalue weighted by Crippen LogP contribution is 2.45. The third-order valence-corrected chi connectivity index (χ3v) is 23.3. The fraction of sp³-hybridized carbons (Fsp3) is 0.514. The van der Waals surface area contributed by atoms with E-state index in [2.05, 4.69) is 154 Å². The summed E-state index contributed by atoms with van der Waals surface area (Å²) in [5.41, 5.74) is 15.3. The smallest absolute Gasteiger partial charge is 0.139 e. The summed E-state index contributed by atoms with van der Waals surface area (Å²) in [6, 6.07) is 15.2.